The molecule has 36 nitrogen and oxygen atoms in total. The highest BCUT2D eigenvalue weighted by Crippen LogP contribution is 2.45. The highest BCUT2D eigenvalue weighted by atomic mass is 79.9. The first-order valence-electron chi connectivity index (χ1n) is 46.3. The molecule has 12 heterocycles. The summed E-state index contributed by atoms with van der Waals surface area (Å²) in [6.45, 7) is 3.06. The molecule has 4 fully saturated rings. The monoisotopic (exact) mass is 2340 g/mol. The molecule has 8 aliphatic heterocycles. The molecule has 6 unspecified atom stereocenters. The second kappa shape index (κ2) is 53.7. The number of benzene rings is 4. The number of aromatic nitrogens is 4. The van der Waals surface area contributed by atoms with Gasteiger partial charge in [-0.2, -0.15) is 0 Å². The fraction of sp³-hybridized carbons (Fsp3) is 0.417. The number of alkyl halides is 6. The molecule has 8 aromatic rings. The zero-order valence-electron chi connectivity index (χ0n) is 79.9. The number of hydrogen-bond donors (Lipinski definition) is 8. The molecular weight excluding hydrogens is 2250 g/mol. The fourth-order valence-corrected chi connectivity index (χ4v) is 21.4. The smallest absolute Gasteiger partial charge is 0.338 e. The second-order valence-corrected chi connectivity index (χ2v) is 40.3. The maximum Gasteiger partial charge on any atom is 0.338 e. The molecule has 0 amide bonds. The zero-order chi connectivity index (χ0) is 108. The SMILES string of the molecule is CCOC(=O)C1=C(CN2CC(F)(F)CC2COCC(=O)O)NC(c2nccs2)=N[C@H]1c1ccc(F)cc1Br.CCOC(=O)C1=C(CN2CC(F)(F)CC2COCC(=O)O)NC(c2nccs2)=N[C@H]1c1ccc(F)cc1Cl.CCOC(=O)C1=C(CN2CC(F)CC2COCC(=O)O)NC(c2nccs2)=N[C@H]1c1ccc(F)cc1Br.CCOC(=O)C1=C(CN2CC(F)CC2COCC(=O)O)NC(c2nccs2)=N[C@H]1c1ccc(F)cc1Cl. The summed E-state index contributed by atoms with van der Waals surface area (Å²) in [4.78, 5) is 139. The Morgan fingerprint density at radius 3 is 0.893 bits per heavy atom. The third-order valence-electron chi connectivity index (χ3n) is 23.6. The topological polar surface area (TPSA) is 453 Å². The lowest BCUT2D eigenvalue weighted by atomic mass is 9.95. The van der Waals surface area contributed by atoms with E-state index in [1.807, 2.05) is 0 Å². The molecule has 0 saturated carbocycles. The number of nitrogens with one attached hydrogen (secondary N) is 4. The van der Waals surface area contributed by atoms with E-state index in [1.165, 1.54) is 110 Å². The molecule has 0 aliphatic carbocycles. The van der Waals surface area contributed by atoms with Crippen molar-refractivity contribution in [3.05, 3.63) is 249 Å². The predicted molar refractivity (Wildman–Crippen MR) is 537 cm³/mol. The van der Waals surface area contributed by atoms with Gasteiger partial charge in [-0.3, -0.25) is 39.6 Å². The Bertz CT molecular complexity index is 6070. The van der Waals surface area contributed by atoms with Crippen LogP contribution >= 0.6 is 100 Å². The van der Waals surface area contributed by atoms with E-state index in [-0.39, 0.29) is 155 Å². The Morgan fingerprint density at radius 1 is 0.393 bits per heavy atom. The lowest BCUT2D eigenvalue weighted by Gasteiger charge is -2.31. The quantitative estimate of drug-likeness (QED) is 0.0100. The van der Waals surface area contributed by atoms with Gasteiger partial charge in [-0.1, -0.05) is 79.3 Å². The van der Waals surface area contributed by atoms with E-state index in [1.54, 1.807) is 89.9 Å². The summed E-state index contributed by atoms with van der Waals surface area (Å²) in [5.74, 6) is -14.1. The van der Waals surface area contributed by atoms with Gasteiger partial charge in [0.2, 0.25) is 0 Å². The Kier molecular flexibility index (Phi) is 41.4. The van der Waals surface area contributed by atoms with E-state index in [9.17, 15) is 82.3 Å². The van der Waals surface area contributed by atoms with E-state index in [0.29, 0.717) is 80.1 Å². The van der Waals surface area contributed by atoms with E-state index in [2.05, 4.69) is 78.1 Å². The molecule has 4 aromatic carbocycles. The standard InChI is InChI=1S/C24H24BrF3N4O5S.C24H25BrF2N4O5S.C24H24ClF3N4O5S.C24H25ClF2N4O5S/c1-2-37-23(35)19-17(9-32-12-24(27,28)8-14(32)10-36-11-18(33)34)30-21(22-29-5-6-38-22)31-20(19)15-4-3-13(26)7-16(15)25;1-2-36-24(34)20-18(10-31-9-14(27)7-15(31)11-35-12-19(32)33)29-22(23-28-5-6-37-23)30-21(20)16-4-3-13(26)8-17(16)25;1-2-37-23(35)19-17(9-32-12-24(27,28)8-14(32)10-36-11-18(33)34)30-21(22-29-5-6-38-22)31-20(19)15-4-3-13(26)7-16(15)25;1-2-36-24(34)20-18(10-31-9-14(27)7-15(31)11-35-12-19(32)33)29-22(23-28-5-6-37-23)30-21(20)16-4-3-13(26)8-17(16)25/h3-7,14,20H,2,8-12H2,1H3,(H,30,31)(H,33,34);3-6,8,14-15,21H,2,7,9-12H2,1H3,(H,29,30)(H,32,33);3-7,14,20H,2,8-12H2,1H3,(H,30,31)(H,33,34);3-6,8,14-15,21H,2,7,9-12H2,1H3,(H,29,30)(H,32,33)/t14?,20-;14?,15?,21-;14?,20-;14?,15?,21-/m0000/s1. The minimum atomic E-state index is -3.05. The van der Waals surface area contributed by atoms with Crippen LogP contribution in [0.1, 0.15) is 120 Å². The largest absolute Gasteiger partial charge is 0.480 e. The summed E-state index contributed by atoms with van der Waals surface area (Å²) in [5.41, 5.74) is 3.55. The van der Waals surface area contributed by atoms with Crippen molar-refractivity contribution in [3.8, 4) is 0 Å². The number of carbonyl (C=O) groups is 8. The Labute approximate surface area is 893 Å². The molecule has 150 heavy (non-hydrogen) atoms. The van der Waals surface area contributed by atoms with E-state index in [4.69, 9.17) is 96.5 Å². The molecule has 0 spiro atoms. The number of hydrogen-bond acceptors (Lipinski definition) is 36. The molecule has 8 N–H and O–H groups in total. The first kappa shape index (κ1) is 116. The van der Waals surface area contributed by atoms with Crippen molar-refractivity contribution in [1.29, 1.82) is 0 Å². The average molecular weight is 2340 g/mol. The van der Waals surface area contributed by atoms with Crippen molar-refractivity contribution < 1.29 is 141 Å². The molecular formula is C96H98Br2Cl2F10N16O20S4. The number of nitrogens with zero attached hydrogens (tertiary/aromatic N) is 12. The van der Waals surface area contributed by atoms with Gasteiger partial charge in [0.15, 0.2) is 43.4 Å². The summed E-state index contributed by atoms with van der Waals surface area (Å²) in [7, 11) is 0. The van der Waals surface area contributed by atoms with Crippen LogP contribution in [0.5, 0.6) is 0 Å². The van der Waals surface area contributed by atoms with Crippen molar-refractivity contribution >= 4 is 172 Å². The first-order chi connectivity index (χ1) is 71.7. The fourth-order valence-electron chi connectivity index (χ4n) is 17.4. The number of aliphatic imine (C=N–C) groups is 4. The minimum absolute atomic E-state index is 0.00931. The van der Waals surface area contributed by atoms with E-state index < -0.39 is 196 Å². The summed E-state index contributed by atoms with van der Waals surface area (Å²) < 4.78 is 185. The van der Waals surface area contributed by atoms with E-state index in [0.717, 1.165) is 12.1 Å². The third-order valence-corrected chi connectivity index (χ3v) is 28.7. The number of carbonyl (C=O) groups excluding carboxylic acids is 4. The predicted octanol–water partition coefficient (Wildman–Crippen LogP) is 14.2. The van der Waals surface area contributed by atoms with Gasteiger partial charge >= 0.3 is 47.8 Å². The number of likely N-dealkylation sites (tertiary alicyclic amines) is 4. The number of ether oxygens (including phenoxy) is 8. The summed E-state index contributed by atoms with van der Waals surface area (Å²) in [6.07, 6.45) is 3.33. The van der Waals surface area contributed by atoms with Gasteiger partial charge in [-0.15, -0.1) is 45.3 Å². The van der Waals surface area contributed by atoms with Gasteiger partial charge in [0, 0.05) is 175 Å². The lowest BCUT2D eigenvalue weighted by molar-refractivity contribution is -0.143. The molecule has 804 valence electrons. The number of thiazole rings is 4. The molecule has 0 radical (unpaired) electrons. The number of aliphatic carboxylic acids is 4. The van der Waals surface area contributed by atoms with Crippen LogP contribution in [0.4, 0.5) is 43.9 Å². The second-order valence-electron chi connectivity index (χ2n) is 34.2. The number of esters is 4. The molecule has 54 heteroatoms. The van der Waals surface area contributed by atoms with Crippen LogP contribution in [0.2, 0.25) is 10.0 Å². The summed E-state index contributed by atoms with van der Waals surface area (Å²) in [5, 5.41) is 57.2. The first-order valence-corrected chi connectivity index (χ1v) is 52.1. The van der Waals surface area contributed by atoms with Gasteiger partial charge in [-0.25, -0.2) is 102 Å². The molecule has 10 atom stereocenters. The van der Waals surface area contributed by atoms with Gasteiger partial charge in [-0.05, 0) is 100 Å². The van der Waals surface area contributed by atoms with Gasteiger partial charge in [0.1, 0.15) is 86.2 Å². The van der Waals surface area contributed by atoms with Crippen LogP contribution < -0.4 is 21.3 Å². The van der Waals surface area contributed by atoms with Gasteiger partial charge in [0.05, 0.1) is 88.2 Å². The Morgan fingerprint density at radius 2 is 0.647 bits per heavy atom. The number of rotatable bonds is 40. The van der Waals surface area contributed by atoms with Crippen LogP contribution in [0.15, 0.2) is 193 Å². The normalized spacial score (nSPS) is 21.6. The van der Waals surface area contributed by atoms with Crippen molar-refractivity contribution in [1.82, 2.24) is 60.8 Å². The maximum atomic E-state index is 14.5. The van der Waals surface area contributed by atoms with Crippen molar-refractivity contribution in [3.63, 3.8) is 0 Å². The van der Waals surface area contributed by atoms with Crippen LogP contribution in [0.25, 0.3) is 0 Å². The van der Waals surface area contributed by atoms with Crippen molar-refractivity contribution in [2.24, 2.45) is 20.0 Å². The minimum Gasteiger partial charge on any atom is -0.480 e. The Balaban J connectivity index is 0.000000167. The van der Waals surface area contributed by atoms with Crippen LogP contribution in [0, 0.1) is 23.3 Å². The number of amidine groups is 4. The average Bonchev–Trinajstić information content (AvgIpc) is 1.28. The van der Waals surface area contributed by atoms with Crippen LogP contribution in [0.3, 0.4) is 0 Å². The maximum absolute atomic E-state index is 14.5. The Hall–Kier alpha value is -11.5. The van der Waals surface area contributed by atoms with Crippen molar-refractivity contribution in [2.45, 2.75) is 126 Å². The van der Waals surface area contributed by atoms with Crippen LogP contribution in [-0.4, -0.2) is 311 Å². The third kappa shape index (κ3) is 31.0. The summed E-state index contributed by atoms with van der Waals surface area (Å²) >= 11 is 24.7. The number of carboxylic acid groups (broad SMARTS) is 4. The molecule has 0 bridgehead atoms. The molecule has 16 rings (SSSR count). The highest BCUT2D eigenvalue weighted by Gasteiger charge is 2.50. The summed E-state index contributed by atoms with van der Waals surface area (Å²) in [6, 6.07) is 9.38. The number of halogens is 14. The van der Waals surface area contributed by atoms with E-state index >= 15 is 0 Å². The molecule has 4 saturated heterocycles. The van der Waals surface area contributed by atoms with Crippen LogP contribution in [-0.2, 0) is 76.3 Å². The number of carboxylic acids is 4. The van der Waals surface area contributed by atoms with Gasteiger partial charge in [0.25, 0.3) is 11.8 Å². The van der Waals surface area contributed by atoms with Crippen molar-refractivity contribution in [2.75, 3.05) is 132 Å². The lowest BCUT2D eigenvalue weighted by Crippen LogP contribution is -2.42. The molecule has 8 aliphatic rings. The molecule has 4 aromatic heterocycles. The van der Waals surface area contributed by atoms with Gasteiger partial charge < -0.3 is 79.6 Å². The highest BCUT2D eigenvalue weighted by molar-refractivity contribution is 9.10. The zero-order valence-corrected chi connectivity index (χ0v) is 87.9.